The number of rotatable bonds is 5. The molecule has 1 amide bonds. The maximum absolute atomic E-state index is 12.6. The molecule has 0 saturated heterocycles. The number of hydrogen-bond acceptors (Lipinski definition) is 6. The van der Waals surface area contributed by atoms with Crippen molar-refractivity contribution in [3.63, 3.8) is 0 Å². The Balaban J connectivity index is 1.96. The lowest BCUT2D eigenvalue weighted by molar-refractivity contribution is -0.384. The standard InChI is InChI=1S/C17H11BrClN3O4S/c1-26-15-13(5-3-10(14(15)19)17-20-6-7-27-17)21-16(23)11-8-9(22(24)25)2-4-12(11)18/h2-8H,1H3,(H,21,23). The molecule has 0 saturated carbocycles. The van der Waals surface area contributed by atoms with Crippen molar-refractivity contribution >= 4 is 56.1 Å². The zero-order chi connectivity index (χ0) is 19.6. The zero-order valence-corrected chi connectivity index (χ0v) is 16.9. The molecule has 3 aromatic rings. The zero-order valence-electron chi connectivity index (χ0n) is 13.7. The third kappa shape index (κ3) is 3.95. The molecule has 0 aliphatic heterocycles. The van der Waals surface area contributed by atoms with Gasteiger partial charge >= 0.3 is 0 Å². The Morgan fingerprint density at radius 1 is 1.37 bits per heavy atom. The minimum atomic E-state index is -0.566. The average molecular weight is 469 g/mol. The molecule has 1 N–H and O–H groups in total. The molecule has 0 bridgehead atoms. The molecule has 10 heteroatoms. The van der Waals surface area contributed by atoms with Crippen molar-refractivity contribution in [1.29, 1.82) is 0 Å². The number of non-ortho nitro benzene ring substituents is 1. The molecular formula is C17H11BrClN3O4S. The van der Waals surface area contributed by atoms with Gasteiger partial charge in [-0.25, -0.2) is 4.98 Å². The van der Waals surface area contributed by atoms with Crippen molar-refractivity contribution in [3.8, 4) is 16.3 Å². The maximum atomic E-state index is 12.6. The molecule has 0 fully saturated rings. The van der Waals surface area contributed by atoms with Gasteiger partial charge in [0.2, 0.25) is 0 Å². The molecule has 0 spiro atoms. The highest BCUT2D eigenvalue weighted by atomic mass is 79.9. The Kier molecular flexibility index (Phi) is 5.73. The first-order chi connectivity index (χ1) is 12.9. The van der Waals surface area contributed by atoms with Crippen molar-refractivity contribution in [3.05, 3.63) is 67.1 Å². The number of carbonyl (C=O) groups excluding carboxylic acids is 1. The number of amides is 1. The van der Waals surface area contributed by atoms with E-state index in [4.69, 9.17) is 16.3 Å². The number of carbonyl (C=O) groups is 1. The highest BCUT2D eigenvalue weighted by Gasteiger charge is 2.20. The third-order valence-corrected chi connectivity index (χ3v) is 5.49. The lowest BCUT2D eigenvalue weighted by atomic mass is 10.1. The van der Waals surface area contributed by atoms with Gasteiger partial charge in [0.15, 0.2) is 5.75 Å². The quantitative estimate of drug-likeness (QED) is 0.400. The summed E-state index contributed by atoms with van der Waals surface area (Å²) in [7, 11) is 1.44. The highest BCUT2D eigenvalue weighted by molar-refractivity contribution is 9.10. The Bertz CT molecular complexity index is 1030. The summed E-state index contributed by atoms with van der Waals surface area (Å²) in [5.41, 5.74) is 0.947. The van der Waals surface area contributed by atoms with Gasteiger partial charge in [0.25, 0.3) is 11.6 Å². The molecule has 7 nitrogen and oxygen atoms in total. The van der Waals surface area contributed by atoms with Gasteiger partial charge in [-0.1, -0.05) is 11.6 Å². The molecule has 1 heterocycles. The van der Waals surface area contributed by atoms with Gasteiger partial charge in [0, 0.05) is 33.7 Å². The van der Waals surface area contributed by atoms with Gasteiger partial charge in [0.1, 0.15) is 5.01 Å². The molecule has 1 aromatic heterocycles. The summed E-state index contributed by atoms with van der Waals surface area (Å²) in [6, 6.07) is 7.31. The molecule has 0 radical (unpaired) electrons. The van der Waals surface area contributed by atoms with E-state index >= 15 is 0 Å². The first kappa shape index (κ1) is 19.3. The summed E-state index contributed by atoms with van der Waals surface area (Å²) in [4.78, 5) is 27.2. The SMILES string of the molecule is COc1c(NC(=O)c2cc([N+](=O)[O-])ccc2Br)ccc(-c2nccs2)c1Cl. The first-order valence-electron chi connectivity index (χ1n) is 7.44. The van der Waals surface area contributed by atoms with E-state index in [9.17, 15) is 14.9 Å². The maximum Gasteiger partial charge on any atom is 0.270 e. The number of halogens is 2. The Hall–Kier alpha value is -2.49. The predicted octanol–water partition coefficient (Wildman–Crippen LogP) is 5.40. The fourth-order valence-corrected chi connectivity index (χ4v) is 3.85. The van der Waals surface area contributed by atoms with Crippen LogP contribution in [0.1, 0.15) is 10.4 Å². The topological polar surface area (TPSA) is 94.4 Å². The molecular weight excluding hydrogens is 458 g/mol. The van der Waals surface area contributed by atoms with Crippen LogP contribution in [0.25, 0.3) is 10.6 Å². The number of aromatic nitrogens is 1. The molecule has 3 rings (SSSR count). The number of benzene rings is 2. The number of methoxy groups -OCH3 is 1. The van der Waals surface area contributed by atoms with Crippen LogP contribution in [0.4, 0.5) is 11.4 Å². The van der Waals surface area contributed by atoms with Crippen LogP contribution in [0.3, 0.4) is 0 Å². The van der Waals surface area contributed by atoms with Gasteiger partial charge in [-0.3, -0.25) is 14.9 Å². The number of hydrogen-bond donors (Lipinski definition) is 1. The summed E-state index contributed by atoms with van der Waals surface area (Å²) >= 11 is 11.1. The third-order valence-electron chi connectivity index (χ3n) is 3.62. The summed E-state index contributed by atoms with van der Waals surface area (Å²) in [6.45, 7) is 0. The molecule has 0 aliphatic rings. The Morgan fingerprint density at radius 2 is 2.15 bits per heavy atom. The fraction of sp³-hybridized carbons (Fsp3) is 0.0588. The normalized spacial score (nSPS) is 10.5. The molecule has 2 aromatic carbocycles. The van der Waals surface area contributed by atoms with E-state index in [1.807, 2.05) is 5.38 Å². The fourth-order valence-electron chi connectivity index (χ4n) is 2.37. The van der Waals surface area contributed by atoms with Gasteiger partial charge in [0.05, 0.1) is 28.3 Å². The minimum absolute atomic E-state index is 0.117. The van der Waals surface area contributed by atoms with E-state index in [1.165, 1.54) is 36.6 Å². The van der Waals surface area contributed by atoms with Crippen molar-refractivity contribution in [1.82, 2.24) is 4.98 Å². The second kappa shape index (κ2) is 8.03. The smallest absolute Gasteiger partial charge is 0.270 e. The predicted molar refractivity (Wildman–Crippen MR) is 108 cm³/mol. The van der Waals surface area contributed by atoms with Crippen molar-refractivity contribution in [2.45, 2.75) is 0 Å². The number of anilines is 1. The first-order valence-corrected chi connectivity index (χ1v) is 9.49. The Morgan fingerprint density at radius 3 is 2.78 bits per heavy atom. The van der Waals surface area contributed by atoms with Crippen LogP contribution >= 0.6 is 38.9 Å². The van der Waals surface area contributed by atoms with Gasteiger partial charge < -0.3 is 10.1 Å². The number of nitro benzene ring substituents is 1. The second-order valence-electron chi connectivity index (χ2n) is 5.22. The van der Waals surface area contributed by atoms with E-state index in [2.05, 4.69) is 26.2 Å². The largest absolute Gasteiger partial charge is 0.493 e. The van der Waals surface area contributed by atoms with Crippen LogP contribution in [0.15, 0.2) is 46.4 Å². The second-order valence-corrected chi connectivity index (χ2v) is 7.35. The minimum Gasteiger partial charge on any atom is -0.493 e. The van der Waals surface area contributed by atoms with Crippen molar-refractivity contribution in [2.24, 2.45) is 0 Å². The number of nitro groups is 1. The van der Waals surface area contributed by atoms with E-state index in [1.54, 1.807) is 18.3 Å². The van der Waals surface area contributed by atoms with Crippen LogP contribution in [0, 0.1) is 10.1 Å². The van der Waals surface area contributed by atoms with E-state index < -0.39 is 10.8 Å². The van der Waals surface area contributed by atoms with Crippen LogP contribution in [-0.2, 0) is 0 Å². The number of nitrogens with one attached hydrogen (secondary N) is 1. The molecule has 27 heavy (non-hydrogen) atoms. The summed E-state index contributed by atoms with van der Waals surface area (Å²) in [5, 5.41) is 16.5. The molecule has 0 aliphatic carbocycles. The summed E-state index contributed by atoms with van der Waals surface area (Å²) in [5.74, 6) is -0.263. The van der Waals surface area contributed by atoms with Crippen molar-refractivity contribution < 1.29 is 14.5 Å². The van der Waals surface area contributed by atoms with Gasteiger partial charge in [-0.05, 0) is 34.1 Å². The van der Waals surface area contributed by atoms with E-state index in [0.717, 1.165) is 5.01 Å². The van der Waals surface area contributed by atoms with Gasteiger partial charge in [-0.15, -0.1) is 11.3 Å². The van der Waals surface area contributed by atoms with E-state index in [0.29, 0.717) is 20.7 Å². The van der Waals surface area contributed by atoms with Gasteiger partial charge in [-0.2, -0.15) is 0 Å². The monoisotopic (exact) mass is 467 g/mol. The van der Waals surface area contributed by atoms with E-state index in [-0.39, 0.29) is 17.0 Å². The van der Waals surface area contributed by atoms with Crippen LogP contribution in [0.2, 0.25) is 5.02 Å². The van der Waals surface area contributed by atoms with Crippen molar-refractivity contribution in [2.75, 3.05) is 12.4 Å². The lowest BCUT2D eigenvalue weighted by Gasteiger charge is -2.14. The van der Waals surface area contributed by atoms with Crippen LogP contribution in [-0.4, -0.2) is 22.9 Å². The Labute approximate surface area is 171 Å². The number of thiazole rings is 1. The summed E-state index contributed by atoms with van der Waals surface area (Å²) < 4.78 is 5.78. The molecule has 0 unspecified atom stereocenters. The molecule has 138 valence electrons. The summed E-state index contributed by atoms with van der Waals surface area (Å²) in [6.07, 6.45) is 1.67. The van der Waals surface area contributed by atoms with Crippen LogP contribution in [0.5, 0.6) is 5.75 Å². The highest BCUT2D eigenvalue weighted by Crippen LogP contribution is 2.41. The molecule has 0 atom stereocenters. The van der Waals surface area contributed by atoms with Crippen LogP contribution < -0.4 is 10.1 Å². The average Bonchev–Trinajstić information content (AvgIpc) is 3.16. The lowest BCUT2D eigenvalue weighted by Crippen LogP contribution is -2.14. The number of nitrogens with zero attached hydrogens (tertiary/aromatic N) is 2. The number of ether oxygens (including phenoxy) is 1.